The number of rotatable bonds is 5. The lowest BCUT2D eigenvalue weighted by molar-refractivity contribution is 0.293. The smallest absolute Gasteiger partial charge is 0.132 e. The predicted molar refractivity (Wildman–Crippen MR) is 82.3 cm³/mol. The molecule has 0 bridgehead atoms. The monoisotopic (exact) mass is 355 g/mol. The molecule has 2 aromatic carbocycles. The van der Waals surface area contributed by atoms with Crippen LogP contribution >= 0.6 is 15.9 Å². The van der Waals surface area contributed by atoms with Gasteiger partial charge in [0.25, 0.3) is 0 Å². The summed E-state index contributed by atoms with van der Waals surface area (Å²) in [4.78, 5) is 0. The largest absolute Gasteiger partial charge is 0.488 e. The first-order valence-corrected chi connectivity index (χ1v) is 7.31. The van der Waals surface area contributed by atoms with E-state index in [0.29, 0.717) is 12.1 Å². The van der Waals surface area contributed by atoms with Crippen molar-refractivity contribution in [3.63, 3.8) is 0 Å². The molecule has 0 aliphatic rings. The van der Waals surface area contributed by atoms with E-state index in [2.05, 4.69) is 21.2 Å². The molecule has 2 aromatic rings. The molecule has 21 heavy (non-hydrogen) atoms. The number of hydrogen-bond acceptors (Lipinski definition) is 2. The summed E-state index contributed by atoms with van der Waals surface area (Å²) in [6.45, 7) is 2.63. The summed E-state index contributed by atoms with van der Waals surface area (Å²) in [7, 11) is 1.85. The van der Waals surface area contributed by atoms with Crippen molar-refractivity contribution in [2.75, 3.05) is 7.05 Å². The van der Waals surface area contributed by atoms with Crippen LogP contribution in [0.1, 0.15) is 16.7 Å². The quantitative estimate of drug-likeness (QED) is 0.861. The highest BCUT2D eigenvalue weighted by molar-refractivity contribution is 9.10. The molecule has 0 fully saturated rings. The lowest BCUT2D eigenvalue weighted by Gasteiger charge is -2.15. The topological polar surface area (TPSA) is 21.3 Å². The van der Waals surface area contributed by atoms with Gasteiger partial charge in [-0.3, -0.25) is 0 Å². The van der Waals surface area contributed by atoms with Crippen LogP contribution in [0.5, 0.6) is 5.75 Å². The van der Waals surface area contributed by atoms with Crippen molar-refractivity contribution in [3.8, 4) is 5.75 Å². The van der Waals surface area contributed by atoms with E-state index in [1.807, 2.05) is 26.1 Å². The second kappa shape index (κ2) is 7.00. The van der Waals surface area contributed by atoms with Gasteiger partial charge in [-0.2, -0.15) is 0 Å². The summed E-state index contributed by atoms with van der Waals surface area (Å²) < 4.78 is 33.2. The third kappa shape index (κ3) is 4.02. The Kier molecular flexibility index (Phi) is 5.31. The summed E-state index contributed by atoms with van der Waals surface area (Å²) >= 11 is 3.45. The second-order valence-electron chi connectivity index (χ2n) is 4.77. The molecule has 0 aliphatic carbocycles. The highest BCUT2D eigenvalue weighted by Gasteiger charge is 2.11. The molecule has 0 aromatic heterocycles. The number of nitrogens with one attached hydrogen (secondary N) is 1. The lowest BCUT2D eigenvalue weighted by Crippen LogP contribution is -2.09. The standard InChI is InChI=1S/C16H16BrF2NO/c1-10-5-13(17)6-12(8-20-2)16(10)21-9-11-3-4-14(18)7-15(11)19/h3-7,20H,8-9H2,1-2H3. The van der Waals surface area contributed by atoms with Gasteiger partial charge in [0.1, 0.15) is 24.0 Å². The van der Waals surface area contributed by atoms with Gasteiger partial charge in [-0.25, -0.2) is 8.78 Å². The maximum absolute atomic E-state index is 13.6. The van der Waals surface area contributed by atoms with E-state index < -0.39 is 11.6 Å². The van der Waals surface area contributed by atoms with Gasteiger partial charge < -0.3 is 10.1 Å². The van der Waals surface area contributed by atoms with Crippen molar-refractivity contribution in [1.29, 1.82) is 0 Å². The first-order chi connectivity index (χ1) is 10.0. The van der Waals surface area contributed by atoms with Gasteiger partial charge in [0.05, 0.1) is 0 Å². The molecule has 112 valence electrons. The molecule has 0 aliphatic heterocycles. The second-order valence-corrected chi connectivity index (χ2v) is 5.68. The first-order valence-electron chi connectivity index (χ1n) is 6.51. The Morgan fingerprint density at radius 3 is 2.57 bits per heavy atom. The summed E-state index contributed by atoms with van der Waals surface area (Å²) in [5.41, 5.74) is 2.26. The van der Waals surface area contributed by atoms with Crippen LogP contribution < -0.4 is 10.1 Å². The molecule has 2 rings (SSSR count). The number of aryl methyl sites for hydroxylation is 1. The molecule has 0 atom stereocenters. The fraction of sp³-hybridized carbons (Fsp3) is 0.250. The maximum atomic E-state index is 13.6. The molecule has 0 saturated carbocycles. The van der Waals surface area contributed by atoms with Crippen LogP contribution in [0.25, 0.3) is 0 Å². The molecular weight excluding hydrogens is 340 g/mol. The fourth-order valence-electron chi connectivity index (χ4n) is 2.12. The minimum absolute atomic E-state index is 0.0608. The zero-order chi connectivity index (χ0) is 15.4. The highest BCUT2D eigenvalue weighted by Crippen LogP contribution is 2.29. The predicted octanol–water partition coefficient (Wildman–Crippen LogP) is 4.33. The SMILES string of the molecule is CNCc1cc(Br)cc(C)c1OCc1ccc(F)cc1F. The van der Waals surface area contributed by atoms with E-state index in [-0.39, 0.29) is 6.61 Å². The number of halogens is 3. The summed E-state index contributed by atoms with van der Waals surface area (Å²) in [5.74, 6) is -0.469. The van der Waals surface area contributed by atoms with E-state index in [9.17, 15) is 8.78 Å². The van der Waals surface area contributed by atoms with Crippen LogP contribution in [0.4, 0.5) is 8.78 Å². The maximum Gasteiger partial charge on any atom is 0.132 e. The first kappa shape index (κ1) is 15.9. The Bertz CT molecular complexity index is 646. The molecule has 0 amide bonds. The third-order valence-electron chi connectivity index (χ3n) is 3.07. The average molecular weight is 356 g/mol. The molecular formula is C16H16BrF2NO. The van der Waals surface area contributed by atoms with Crippen molar-refractivity contribution in [3.05, 3.63) is 63.1 Å². The molecule has 0 saturated heterocycles. The summed E-state index contributed by atoms with van der Waals surface area (Å²) in [5, 5.41) is 3.07. The van der Waals surface area contributed by atoms with E-state index in [0.717, 1.165) is 27.4 Å². The average Bonchev–Trinajstić information content (AvgIpc) is 2.40. The molecule has 0 radical (unpaired) electrons. The number of benzene rings is 2. The summed E-state index contributed by atoms with van der Waals surface area (Å²) in [6.07, 6.45) is 0. The van der Waals surface area contributed by atoms with Crippen LogP contribution in [-0.2, 0) is 13.2 Å². The van der Waals surface area contributed by atoms with Crippen molar-refractivity contribution in [2.24, 2.45) is 0 Å². The molecule has 0 heterocycles. The normalized spacial score (nSPS) is 10.7. The molecule has 0 spiro atoms. The van der Waals surface area contributed by atoms with Gasteiger partial charge in [0.15, 0.2) is 0 Å². The number of hydrogen-bond donors (Lipinski definition) is 1. The van der Waals surface area contributed by atoms with E-state index in [4.69, 9.17) is 4.74 Å². The zero-order valence-corrected chi connectivity index (χ0v) is 13.4. The van der Waals surface area contributed by atoms with E-state index in [1.165, 1.54) is 12.1 Å². The molecule has 1 N–H and O–H groups in total. The fourth-order valence-corrected chi connectivity index (χ4v) is 2.74. The highest BCUT2D eigenvalue weighted by atomic mass is 79.9. The third-order valence-corrected chi connectivity index (χ3v) is 3.53. The van der Waals surface area contributed by atoms with Crippen LogP contribution in [0.2, 0.25) is 0 Å². The van der Waals surface area contributed by atoms with Crippen LogP contribution in [-0.4, -0.2) is 7.05 Å². The Morgan fingerprint density at radius 1 is 1.14 bits per heavy atom. The van der Waals surface area contributed by atoms with Crippen LogP contribution in [0, 0.1) is 18.6 Å². The minimum atomic E-state index is -0.597. The molecule has 5 heteroatoms. The Hall–Kier alpha value is -1.46. The Morgan fingerprint density at radius 2 is 1.90 bits per heavy atom. The van der Waals surface area contributed by atoms with E-state index in [1.54, 1.807) is 0 Å². The molecule has 0 unspecified atom stereocenters. The van der Waals surface area contributed by atoms with Gasteiger partial charge in [-0.15, -0.1) is 0 Å². The lowest BCUT2D eigenvalue weighted by atomic mass is 10.1. The van der Waals surface area contributed by atoms with Crippen LogP contribution in [0.15, 0.2) is 34.8 Å². The van der Waals surface area contributed by atoms with Crippen molar-refractivity contribution in [2.45, 2.75) is 20.1 Å². The summed E-state index contributed by atoms with van der Waals surface area (Å²) in [6, 6.07) is 7.39. The van der Waals surface area contributed by atoms with Gasteiger partial charge >= 0.3 is 0 Å². The Labute approximate surface area is 131 Å². The van der Waals surface area contributed by atoms with Crippen molar-refractivity contribution in [1.82, 2.24) is 5.32 Å². The van der Waals surface area contributed by atoms with Crippen molar-refractivity contribution < 1.29 is 13.5 Å². The Balaban J connectivity index is 2.23. The minimum Gasteiger partial charge on any atom is -0.488 e. The van der Waals surface area contributed by atoms with Gasteiger partial charge in [0, 0.05) is 28.2 Å². The van der Waals surface area contributed by atoms with E-state index >= 15 is 0 Å². The molecule has 2 nitrogen and oxygen atoms in total. The number of ether oxygens (including phenoxy) is 1. The van der Waals surface area contributed by atoms with Gasteiger partial charge in [-0.1, -0.05) is 15.9 Å². The zero-order valence-electron chi connectivity index (χ0n) is 11.8. The van der Waals surface area contributed by atoms with Gasteiger partial charge in [-0.05, 0) is 43.8 Å². The van der Waals surface area contributed by atoms with Crippen molar-refractivity contribution >= 4 is 15.9 Å². The van der Waals surface area contributed by atoms with Crippen LogP contribution in [0.3, 0.4) is 0 Å². The van der Waals surface area contributed by atoms with Gasteiger partial charge in [0.2, 0.25) is 0 Å².